The maximum atomic E-state index is 12.9. The van der Waals surface area contributed by atoms with Gasteiger partial charge >= 0.3 is 0 Å². The third-order valence-electron chi connectivity index (χ3n) is 5.53. The zero-order valence-corrected chi connectivity index (χ0v) is 19.6. The predicted molar refractivity (Wildman–Crippen MR) is 133 cm³/mol. The molecule has 1 aliphatic heterocycles. The zero-order valence-electron chi connectivity index (χ0n) is 19.6. The number of hydrogen-bond acceptors (Lipinski definition) is 7. The van der Waals surface area contributed by atoms with E-state index in [1.165, 1.54) is 0 Å². The first-order valence-corrected chi connectivity index (χ1v) is 11.1. The molecule has 36 heavy (non-hydrogen) atoms. The predicted octanol–water partition coefficient (Wildman–Crippen LogP) is 2.25. The Kier molecular flexibility index (Phi) is 7.53. The molecule has 4 heterocycles. The number of rotatable bonds is 2. The minimum atomic E-state index is -0.250. The van der Waals surface area contributed by atoms with Crippen LogP contribution in [0.3, 0.4) is 0 Å². The molecule has 1 saturated heterocycles. The molecular weight excluding hydrogens is 460 g/mol. The van der Waals surface area contributed by atoms with E-state index >= 15 is 0 Å². The van der Waals surface area contributed by atoms with Gasteiger partial charge in [0, 0.05) is 36.0 Å². The van der Waals surface area contributed by atoms with Crippen molar-refractivity contribution in [1.82, 2.24) is 24.5 Å². The van der Waals surface area contributed by atoms with E-state index < -0.39 is 0 Å². The van der Waals surface area contributed by atoms with E-state index in [1.807, 2.05) is 42.2 Å². The van der Waals surface area contributed by atoms with Crippen LogP contribution in [-0.4, -0.2) is 68.3 Å². The number of hydrogen-bond donors (Lipinski definition) is 2. The number of aryl methyl sites for hydroxylation is 1. The van der Waals surface area contributed by atoms with E-state index in [4.69, 9.17) is 25.5 Å². The van der Waals surface area contributed by atoms with Crippen molar-refractivity contribution in [2.45, 2.75) is 6.92 Å². The van der Waals surface area contributed by atoms with Gasteiger partial charge in [0.05, 0.1) is 25.1 Å². The lowest BCUT2D eigenvalue weighted by atomic mass is 10.0. The molecule has 0 spiro atoms. The number of morpholine rings is 1. The maximum absolute atomic E-state index is 12.9. The molecule has 0 aliphatic carbocycles. The lowest BCUT2D eigenvalue weighted by Crippen LogP contribution is -2.40. The molecule has 0 radical (unpaired) electrons. The van der Waals surface area contributed by atoms with Gasteiger partial charge in [0.25, 0.3) is 12.4 Å². The molecule has 10 nitrogen and oxygen atoms in total. The van der Waals surface area contributed by atoms with Crippen LogP contribution in [0.4, 0.5) is 5.82 Å². The first-order chi connectivity index (χ1) is 17.5. The Morgan fingerprint density at radius 2 is 1.89 bits per heavy atom. The van der Waals surface area contributed by atoms with Crippen LogP contribution < -0.4 is 5.73 Å². The van der Waals surface area contributed by atoms with Crippen molar-refractivity contribution in [2.24, 2.45) is 0 Å². The van der Waals surface area contributed by atoms with Gasteiger partial charge in [-0.2, -0.15) is 5.10 Å². The van der Waals surface area contributed by atoms with Crippen molar-refractivity contribution in [3.05, 3.63) is 77.2 Å². The van der Waals surface area contributed by atoms with Crippen molar-refractivity contribution < 1.29 is 19.4 Å². The van der Waals surface area contributed by atoms with Gasteiger partial charge in [-0.25, -0.2) is 14.5 Å². The second kappa shape index (κ2) is 11.1. The minimum Gasteiger partial charge on any atom is -0.483 e. The molecule has 0 saturated carbocycles. The first kappa shape index (κ1) is 24.4. The average Bonchev–Trinajstić information content (AvgIpc) is 3.30. The molecule has 1 amide bonds. The second-order valence-corrected chi connectivity index (χ2v) is 7.89. The van der Waals surface area contributed by atoms with Crippen LogP contribution in [0.5, 0.6) is 0 Å². The fourth-order valence-electron chi connectivity index (χ4n) is 3.77. The van der Waals surface area contributed by atoms with Crippen LogP contribution in [0.2, 0.25) is 0 Å². The monoisotopic (exact) mass is 484 g/mol. The molecule has 0 unspecified atom stereocenters. The average molecular weight is 485 g/mol. The number of amides is 1. The van der Waals surface area contributed by atoms with Crippen molar-refractivity contribution >= 4 is 23.8 Å². The highest BCUT2D eigenvalue weighted by atomic mass is 16.5. The summed E-state index contributed by atoms with van der Waals surface area (Å²) in [6, 6.07) is 13.1. The number of imidazole rings is 1. The Balaban J connectivity index is 0.000000967. The van der Waals surface area contributed by atoms with Crippen molar-refractivity contribution in [3.63, 3.8) is 0 Å². The smallest absolute Gasteiger partial charge is 0.290 e. The molecule has 3 N–H and O–H groups in total. The summed E-state index contributed by atoms with van der Waals surface area (Å²) in [5.41, 5.74) is 11.2. The number of nitrogen functional groups attached to an aromatic ring is 1. The molecule has 1 fully saturated rings. The number of nitrogens with two attached hydrogens (primary N) is 1. The van der Waals surface area contributed by atoms with Gasteiger partial charge in [-0.1, -0.05) is 12.0 Å². The van der Waals surface area contributed by atoms with Gasteiger partial charge in [0.1, 0.15) is 11.5 Å². The van der Waals surface area contributed by atoms with Gasteiger partial charge < -0.3 is 20.5 Å². The molecule has 4 aromatic rings. The highest BCUT2D eigenvalue weighted by molar-refractivity contribution is 5.96. The van der Waals surface area contributed by atoms with Crippen LogP contribution in [-0.2, 0) is 9.53 Å². The number of aromatic nitrogens is 4. The molecule has 0 bridgehead atoms. The summed E-state index contributed by atoms with van der Waals surface area (Å²) in [7, 11) is 0. The summed E-state index contributed by atoms with van der Waals surface area (Å²) in [5, 5.41) is 11.6. The van der Waals surface area contributed by atoms with Crippen LogP contribution in [0.15, 0.2) is 54.9 Å². The quantitative estimate of drug-likeness (QED) is 0.327. The fraction of sp³-hybridized carbons (Fsp3) is 0.192. The number of pyridine rings is 1. The van der Waals surface area contributed by atoms with Crippen LogP contribution in [0.25, 0.3) is 16.9 Å². The largest absolute Gasteiger partial charge is 0.483 e. The number of carbonyl (C=O) groups excluding carboxylic acids is 1. The molecule has 1 aliphatic rings. The fourth-order valence-corrected chi connectivity index (χ4v) is 3.77. The number of ether oxygens (including phenoxy) is 1. The van der Waals surface area contributed by atoms with Gasteiger partial charge in [-0.15, -0.1) is 0 Å². The summed E-state index contributed by atoms with van der Waals surface area (Å²) < 4.78 is 7.07. The minimum absolute atomic E-state index is 0.0367. The number of fused-ring (bicyclic) bond motifs is 1. The topological polar surface area (TPSA) is 136 Å². The summed E-state index contributed by atoms with van der Waals surface area (Å²) in [6.45, 7) is 4.10. The normalized spacial score (nSPS) is 12.8. The van der Waals surface area contributed by atoms with E-state index in [2.05, 4.69) is 21.8 Å². The van der Waals surface area contributed by atoms with Gasteiger partial charge in [0.2, 0.25) is 0 Å². The summed E-state index contributed by atoms with van der Waals surface area (Å²) in [5.74, 6) is 6.64. The summed E-state index contributed by atoms with van der Waals surface area (Å²) >= 11 is 0. The van der Waals surface area contributed by atoms with Gasteiger partial charge in [-0.05, 0) is 54.8 Å². The SMILES string of the molecule is Cc1cc(-c2ccc3ncc(C#Cc4ccnc(N)c4)n3n2)ccc1C(=O)N1CCOCC1.O=CO. The van der Waals surface area contributed by atoms with E-state index in [1.54, 1.807) is 29.0 Å². The lowest BCUT2D eigenvalue weighted by molar-refractivity contribution is -0.122. The van der Waals surface area contributed by atoms with Crippen molar-refractivity contribution in [2.75, 3.05) is 32.0 Å². The van der Waals surface area contributed by atoms with Crippen molar-refractivity contribution in [1.29, 1.82) is 0 Å². The number of anilines is 1. The van der Waals surface area contributed by atoms with E-state index in [0.717, 1.165) is 22.4 Å². The van der Waals surface area contributed by atoms with Gasteiger partial charge in [0.15, 0.2) is 5.65 Å². The summed E-state index contributed by atoms with van der Waals surface area (Å²) in [4.78, 5) is 31.4. The number of carboxylic acid groups (broad SMARTS) is 1. The molecule has 3 aromatic heterocycles. The Morgan fingerprint density at radius 3 is 2.61 bits per heavy atom. The third kappa shape index (κ3) is 5.48. The molecule has 10 heteroatoms. The molecule has 182 valence electrons. The standard InChI is InChI=1S/C25H22N6O2.CH2O2/c1-17-14-19(3-5-21(17)25(32)30-10-12-33-13-11-30)22-6-7-24-28-16-20(31(24)29-22)4-2-18-8-9-27-23(26)15-18;2-1-3/h3,5-9,14-16H,10-13H2,1H3,(H2,26,27);1H,(H,2,3). The van der Waals surface area contributed by atoms with E-state index in [-0.39, 0.29) is 12.4 Å². The Bertz CT molecular complexity index is 1460. The Labute approximate surface area is 207 Å². The maximum Gasteiger partial charge on any atom is 0.290 e. The third-order valence-corrected chi connectivity index (χ3v) is 5.53. The zero-order chi connectivity index (χ0) is 25.5. The van der Waals surface area contributed by atoms with Gasteiger partial charge in [-0.3, -0.25) is 9.59 Å². The van der Waals surface area contributed by atoms with Crippen LogP contribution in [0, 0.1) is 18.8 Å². The number of benzene rings is 1. The molecule has 5 rings (SSSR count). The molecule has 1 aromatic carbocycles. The summed E-state index contributed by atoms with van der Waals surface area (Å²) in [6.07, 6.45) is 3.32. The molecule has 0 atom stereocenters. The highest BCUT2D eigenvalue weighted by Gasteiger charge is 2.20. The Hall–Kier alpha value is -4.75. The lowest BCUT2D eigenvalue weighted by Gasteiger charge is -2.27. The second-order valence-electron chi connectivity index (χ2n) is 7.89. The number of carbonyl (C=O) groups is 2. The van der Waals surface area contributed by atoms with Crippen molar-refractivity contribution in [3.8, 4) is 23.1 Å². The molecular formula is C26H24N6O4. The highest BCUT2D eigenvalue weighted by Crippen LogP contribution is 2.22. The first-order valence-electron chi connectivity index (χ1n) is 11.1. The Morgan fingerprint density at radius 1 is 1.11 bits per heavy atom. The van der Waals surface area contributed by atoms with Crippen LogP contribution in [0.1, 0.15) is 27.2 Å². The van der Waals surface area contributed by atoms with E-state index in [0.29, 0.717) is 49.0 Å². The van der Waals surface area contributed by atoms with E-state index in [9.17, 15) is 4.79 Å². The number of nitrogens with zero attached hydrogens (tertiary/aromatic N) is 5. The van der Waals surface area contributed by atoms with Crippen LogP contribution >= 0.6 is 0 Å².